The van der Waals surface area contributed by atoms with E-state index in [-0.39, 0.29) is 54.5 Å². The number of carbonyl (C=O) groups excluding carboxylic acids is 2. The maximum absolute atomic E-state index is 15.2. The lowest BCUT2D eigenvalue weighted by Gasteiger charge is -2.38. The van der Waals surface area contributed by atoms with Crippen LogP contribution in [0.2, 0.25) is 0 Å². The largest absolute Gasteiger partial charge is 0.494 e. The number of aromatic carboxylic acids is 1. The number of rotatable bonds is 7. The molecule has 1 aliphatic heterocycles. The van der Waals surface area contributed by atoms with Crippen LogP contribution in [0.3, 0.4) is 0 Å². The van der Waals surface area contributed by atoms with Crippen molar-refractivity contribution in [3.05, 3.63) is 113 Å². The lowest BCUT2D eigenvalue weighted by atomic mass is 9.82. The number of likely N-dealkylation sites (tertiary alicyclic amines) is 1. The Balaban J connectivity index is 0.000000745. The Hall–Kier alpha value is -5.56. The predicted molar refractivity (Wildman–Crippen MR) is 177 cm³/mol. The number of hydrogen-bond donors (Lipinski definition) is 2. The fourth-order valence-corrected chi connectivity index (χ4v) is 5.85. The zero-order valence-corrected chi connectivity index (χ0v) is 27.1. The number of aromatic nitrogens is 2. The van der Waals surface area contributed by atoms with E-state index in [0.717, 1.165) is 10.9 Å². The zero-order chi connectivity index (χ0) is 36.2. The molecule has 4 aromatic carbocycles. The number of amides is 1. The van der Waals surface area contributed by atoms with Gasteiger partial charge in [-0.3, -0.25) is 14.2 Å². The Labute approximate surface area is 284 Å². The molecule has 2 N–H and O–H groups in total. The minimum absolute atomic E-state index is 0.125. The number of alkyl halides is 3. The fourth-order valence-electron chi connectivity index (χ4n) is 5.85. The van der Waals surface area contributed by atoms with Gasteiger partial charge in [-0.2, -0.15) is 13.2 Å². The number of aldehydes is 1. The van der Waals surface area contributed by atoms with Gasteiger partial charge in [0.1, 0.15) is 23.1 Å². The highest BCUT2D eigenvalue weighted by Crippen LogP contribution is 2.37. The van der Waals surface area contributed by atoms with Gasteiger partial charge in [0.25, 0.3) is 5.91 Å². The number of carboxylic acid groups (broad SMARTS) is 1. The van der Waals surface area contributed by atoms with Crippen molar-refractivity contribution in [1.29, 1.82) is 0 Å². The monoisotopic (exact) mass is 691 g/mol. The molecule has 1 aliphatic rings. The Morgan fingerprint density at radius 2 is 1.70 bits per heavy atom. The first kappa shape index (κ1) is 35.7. The number of carboxylic acids is 1. The van der Waals surface area contributed by atoms with Gasteiger partial charge in [-0.15, -0.1) is 0 Å². The Bertz CT molecular complexity index is 2050. The minimum atomic E-state index is -4.64. The van der Waals surface area contributed by atoms with Crippen LogP contribution in [0.25, 0.3) is 27.8 Å². The van der Waals surface area contributed by atoms with Crippen molar-refractivity contribution in [3.8, 4) is 22.8 Å². The molecule has 0 spiro atoms. The average Bonchev–Trinajstić information content (AvgIpc) is 3.53. The van der Waals surface area contributed by atoms with Crippen molar-refractivity contribution >= 4 is 28.9 Å². The zero-order valence-electron chi connectivity index (χ0n) is 27.1. The standard InChI is InChI=1S/C35H32FN3O5.C2HF3O/c1-3-44-26-9-6-8-25(20-26)39-21-31(37-32(39)28-12-11-22(2)17-30(28)36)33(40)38-15-13-35(43,14-16-38)24-18-23-7-4-5-10-27(23)29(19-24)34(41)42;3-2(4,5)1-6/h4-12,17-21,43H,3,13-16H2,1-2H3,(H,41,42);1H. The average molecular weight is 692 g/mol. The lowest BCUT2D eigenvalue weighted by Crippen LogP contribution is -2.45. The number of imidazole rings is 1. The van der Waals surface area contributed by atoms with Gasteiger partial charge in [0.2, 0.25) is 6.29 Å². The highest BCUT2D eigenvalue weighted by Gasteiger charge is 2.37. The summed E-state index contributed by atoms with van der Waals surface area (Å²) in [5, 5.41) is 22.8. The van der Waals surface area contributed by atoms with E-state index >= 15 is 4.39 Å². The molecule has 0 unspecified atom stereocenters. The van der Waals surface area contributed by atoms with Crippen LogP contribution in [0.4, 0.5) is 17.6 Å². The number of nitrogens with zero attached hydrogens (tertiary/aromatic N) is 3. The van der Waals surface area contributed by atoms with Gasteiger partial charge in [0.15, 0.2) is 0 Å². The molecule has 5 aromatic rings. The molecule has 1 saturated heterocycles. The number of hydrogen-bond acceptors (Lipinski definition) is 6. The van der Waals surface area contributed by atoms with Gasteiger partial charge < -0.3 is 19.8 Å². The van der Waals surface area contributed by atoms with Crippen LogP contribution in [-0.2, 0) is 10.4 Å². The molecule has 6 rings (SSSR count). The molecule has 0 aliphatic carbocycles. The van der Waals surface area contributed by atoms with Gasteiger partial charge in [0, 0.05) is 25.4 Å². The molecule has 9 nitrogen and oxygen atoms in total. The van der Waals surface area contributed by atoms with Crippen LogP contribution in [0.5, 0.6) is 5.75 Å². The molecule has 1 fully saturated rings. The third-order valence-corrected chi connectivity index (χ3v) is 8.34. The highest BCUT2D eigenvalue weighted by atomic mass is 19.4. The molecule has 1 amide bonds. The summed E-state index contributed by atoms with van der Waals surface area (Å²) >= 11 is 0. The quantitative estimate of drug-likeness (QED) is 0.138. The van der Waals surface area contributed by atoms with E-state index < -0.39 is 29.9 Å². The minimum Gasteiger partial charge on any atom is -0.494 e. The molecule has 0 radical (unpaired) electrons. The molecule has 50 heavy (non-hydrogen) atoms. The smallest absolute Gasteiger partial charge is 0.446 e. The number of benzene rings is 4. The van der Waals surface area contributed by atoms with Crippen LogP contribution in [0.15, 0.2) is 85.1 Å². The van der Waals surface area contributed by atoms with E-state index in [1.807, 2.05) is 49.4 Å². The summed E-state index contributed by atoms with van der Waals surface area (Å²) < 4.78 is 53.8. The second-order valence-corrected chi connectivity index (χ2v) is 11.8. The van der Waals surface area contributed by atoms with Crippen molar-refractivity contribution in [2.75, 3.05) is 19.7 Å². The molecule has 0 atom stereocenters. The maximum atomic E-state index is 15.2. The fraction of sp³-hybridized carbons (Fsp3) is 0.243. The van der Waals surface area contributed by atoms with E-state index in [1.165, 1.54) is 12.1 Å². The summed E-state index contributed by atoms with van der Waals surface area (Å²) in [4.78, 5) is 40.7. The second-order valence-electron chi connectivity index (χ2n) is 11.8. The SMILES string of the molecule is CCOc1cccc(-n2cc(C(=O)N3CCC(O)(c4cc(C(=O)O)c5ccccc5c4)CC3)nc2-c2ccc(C)cc2F)c1.O=CC(F)(F)F. The third kappa shape index (κ3) is 7.84. The van der Waals surface area contributed by atoms with E-state index in [0.29, 0.717) is 29.0 Å². The molecule has 13 heteroatoms. The van der Waals surface area contributed by atoms with Crippen molar-refractivity contribution < 1.29 is 46.9 Å². The summed E-state index contributed by atoms with van der Waals surface area (Å²) in [7, 11) is 0. The molecule has 0 bridgehead atoms. The van der Waals surface area contributed by atoms with Crippen molar-refractivity contribution in [1.82, 2.24) is 14.5 Å². The van der Waals surface area contributed by atoms with Crippen LogP contribution < -0.4 is 4.74 Å². The highest BCUT2D eigenvalue weighted by molar-refractivity contribution is 6.04. The van der Waals surface area contributed by atoms with Gasteiger partial charge in [-0.05, 0) is 85.0 Å². The van der Waals surface area contributed by atoms with Crippen molar-refractivity contribution in [2.24, 2.45) is 0 Å². The summed E-state index contributed by atoms with van der Waals surface area (Å²) in [5.74, 6) is -0.939. The summed E-state index contributed by atoms with van der Waals surface area (Å²) in [6, 6.07) is 22.7. The number of carbonyl (C=O) groups is 3. The molecule has 1 aromatic heterocycles. The Kier molecular flexibility index (Phi) is 10.4. The number of aliphatic hydroxyl groups is 1. The molecular formula is C37H33F4N3O6. The predicted octanol–water partition coefficient (Wildman–Crippen LogP) is 7.11. The van der Waals surface area contributed by atoms with E-state index in [4.69, 9.17) is 9.53 Å². The van der Waals surface area contributed by atoms with Gasteiger partial charge in [-0.1, -0.05) is 36.4 Å². The molecule has 260 valence electrons. The first-order valence-electron chi connectivity index (χ1n) is 15.6. The van der Waals surface area contributed by atoms with Gasteiger partial charge >= 0.3 is 12.1 Å². The Morgan fingerprint density at radius 3 is 2.34 bits per heavy atom. The van der Waals surface area contributed by atoms with Crippen LogP contribution in [0, 0.1) is 12.7 Å². The second kappa shape index (κ2) is 14.5. The first-order chi connectivity index (χ1) is 23.7. The summed E-state index contributed by atoms with van der Waals surface area (Å²) in [6.07, 6.45) is -3.67. The van der Waals surface area contributed by atoms with Crippen molar-refractivity contribution in [3.63, 3.8) is 0 Å². The molecular weight excluding hydrogens is 658 g/mol. The maximum Gasteiger partial charge on any atom is 0.446 e. The van der Waals surface area contributed by atoms with E-state index in [9.17, 15) is 33.0 Å². The van der Waals surface area contributed by atoms with E-state index in [2.05, 4.69) is 4.98 Å². The van der Waals surface area contributed by atoms with Gasteiger partial charge in [0.05, 0.1) is 29.0 Å². The number of aryl methyl sites for hydroxylation is 1. The molecule has 0 saturated carbocycles. The summed E-state index contributed by atoms with van der Waals surface area (Å²) in [6.45, 7) is 4.63. The first-order valence-corrected chi connectivity index (χ1v) is 15.6. The number of halogens is 4. The normalized spacial score (nSPS) is 14.1. The van der Waals surface area contributed by atoms with Gasteiger partial charge in [-0.25, -0.2) is 14.2 Å². The van der Waals surface area contributed by atoms with Crippen molar-refractivity contribution in [2.45, 2.75) is 38.5 Å². The number of piperidine rings is 1. The van der Waals surface area contributed by atoms with Crippen LogP contribution in [-0.4, -0.2) is 68.7 Å². The Morgan fingerprint density at radius 1 is 1.00 bits per heavy atom. The number of fused-ring (bicyclic) bond motifs is 1. The van der Waals surface area contributed by atoms with E-state index in [1.54, 1.807) is 46.9 Å². The summed E-state index contributed by atoms with van der Waals surface area (Å²) in [5.41, 5.74) is 1.16. The lowest BCUT2D eigenvalue weighted by molar-refractivity contribution is -0.156. The van der Waals surface area contributed by atoms with Crippen LogP contribution >= 0.6 is 0 Å². The van der Waals surface area contributed by atoms with Crippen LogP contribution in [0.1, 0.15) is 51.7 Å². The third-order valence-electron chi connectivity index (χ3n) is 8.34. The topological polar surface area (TPSA) is 122 Å². The number of ether oxygens (including phenoxy) is 1. The molecule has 2 heterocycles.